The van der Waals surface area contributed by atoms with Crippen LogP contribution in [0.1, 0.15) is 5.56 Å². The van der Waals surface area contributed by atoms with Gasteiger partial charge < -0.3 is 14.2 Å². The highest BCUT2D eigenvalue weighted by Gasteiger charge is 2.31. The van der Waals surface area contributed by atoms with Crippen molar-refractivity contribution in [2.24, 2.45) is 0 Å². The molecule has 1 aliphatic heterocycles. The molecule has 2 aromatic carbocycles. The molecule has 10 nitrogen and oxygen atoms in total. The molecule has 1 aliphatic rings. The van der Waals surface area contributed by atoms with Crippen LogP contribution in [0.15, 0.2) is 47.4 Å². The fourth-order valence-corrected chi connectivity index (χ4v) is 4.40. The Morgan fingerprint density at radius 1 is 1.17 bits per heavy atom. The third-order valence-electron chi connectivity index (χ3n) is 4.45. The SMILES string of the molecule is COC(=O)Cc1ccc(Oc2ccc([N+](=O)[O-])cc2S(=O)(=O)N2CCOCC2)cc1. The Morgan fingerprint density at radius 3 is 2.43 bits per heavy atom. The zero-order chi connectivity index (χ0) is 21.7. The molecule has 0 aliphatic carbocycles. The lowest BCUT2D eigenvalue weighted by molar-refractivity contribution is -0.385. The van der Waals surface area contributed by atoms with Crippen LogP contribution in [0.2, 0.25) is 0 Å². The molecule has 0 N–H and O–H groups in total. The first kappa shape index (κ1) is 21.7. The maximum atomic E-state index is 13.1. The molecule has 3 rings (SSSR count). The lowest BCUT2D eigenvalue weighted by Gasteiger charge is -2.26. The summed E-state index contributed by atoms with van der Waals surface area (Å²) in [4.78, 5) is 21.6. The largest absolute Gasteiger partial charge is 0.469 e. The Labute approximate surface area is 173 Å². The molecule has 1 fully saturated rings. The third-order valence-corrected chi connectivity index (χ3v) is 6.37. The van der Waals surface area contributed by atoms with Gasteiger partial charge in [0.2, 0.25) is 10.0 Å². The van der Waals surface area contributed by atoms with Crippen LogP contribution in [0.5, 0.6) is 11.5 Å². The highest BCUT2D eigenvalue weighted by Crippen LogP contribution is 2.34. The van der Waals surface area contributed by atoms with Gasteiger partial charge in [0.15, 0.2) is 0 Å². The number of carbonyl (C=O) groups is 1. The molecule has 0 atom stereocenters. The van der Waals surface area contributed by atoms with Crippen molar-refractivity contribution in [3.8, 4) is 11.5 Å². The van der Waals surface area contributed by atoms with E-state index in [1.807, 2.05) is 0 Å². The minimum atomic E-state index is -4.03. The first-order valence-corrected chi connectivity index (χ1v) is 10.4. The molecule has 0 radical (unpaired) electrons. The summed E-state index contributed by atoms with van der Waals surface area (Å²) in [6, 6.07) is 9.87. The molecule has 0 aromatic heterocycles. The Balaban J connectivity index is 1.92. The predicted molar refractivity (Wildman–Crippen MR) is 105 cm³/mol. The summed E-state index contributed by atoms with van der Waals surface area (Å²) in [5.41, 5.74) is 0.335. The van der Waals surface area contributed by atoms with Crippen LogP contribution in [0, 0.1) is 10.1 Å². The third kappa shape index (κ3) is 4.93. The Kier molecular flexibility index (Phi) is 6.65. The number of morpholine rings is 1. The second kappa shape index (κ2) is 9.20. The van der Waals surface area contributed by atoms with Gasteiger partial charge in [-0.15, -0.1) is 0 Å². The van der Waals surface area contributed by atoms with Gasteiger partial charge in [-0.2, -0.15) is 4.31 Å². The average molecular weight is 436 g/mol. The summed E-state index contributed by atoms with van der Waals surface area (Å²) in [5.74, 6) is -0.110. The van der Waals surface area contributed by atoms with Gasteiger partial charge in [0, 0.05) is 25.2 Å². The molecule has 160 valence electrons. The van der Waals surface area contributed by atoms with E-state index in [9.17, 15) is 23.3 Å². The molecule has 0 unspecified atom stereocenters. The Hall–Kier alpha value is -3.02. The topological polar surface area (TPSA) is 125 Å². The van der Waals surface area contributed by atoms with Crippen molar-refractivity contribution in [2.75, 3.05) is 33.4 Å². The fourth-order valence-electron chi connectivity index (χ4n) is 2.86. The van der Waals surface area contributed by atoms with Gasteiger partial charge in [0.05, 0.1) is 31.7 Å². The summed E-state index contributed by atoms with van der Waals surface area (Å²) < 4.78 is 42.9. The van der Waals surface area contributed by atoms with Gasteiger partial charge in [-0.1, -0.05) is 12.1 Å². The van der Waals surface area contributed by atoms with Crippen LogP contribution in [0.4, 0.5) is 5.69 Å². The van der Waals surface area contributed by atoms with Crippen LogP contribution < -0.4 is 4.74 Å². The second-order valence-corrected chi connectivity index (χ2v) is 8.31. The number of sulfonamides is 1. The molecule has 0 saturated carbocycles. The number of carbonyl (C=O) groups excluding carboxylic acids is 1. The lowest BCUT2D eigenvalue weighted by Crippen LogP contribution is -2.40. The number of non-ortho nitro benzene ring substituents is 1. The normalized spacial score (nSPS) is 14.8. The molecular weight excluding hydrogens is 416 g/mol. The number of hydrogen-bond acceptors (Lipinski definition) is 8. The molecule has 0 bridgehead atoms. The molecule has 1 saturated heterocycles. The number of benzene rings is 2. The van der Waals surface area contributed by atoms with Crippen LogP contribution in [-0.2, 0) is 30.7 Å². The lowest BCUT2D eigenvalue weighted by atomic mass is 10.1. The summed E-state index contributed by atoms with van der Waals surface area (Å²) in [7, 11) is -2.74. The predicted octanol–water partition coefficient (Wildman–Crippen LogP) is 2.12. The van der Waals surface area contributed by atoms with Crippen molar-refractivity contribution in [1.29, 1.82) is 0 Å². The molecule has 11 heteroatoms. The van der Waals surface area contributed by atoms with Crippen LogP contribution in [0.3, 0.4) is 0 Å². The molecule has 2 aromatic rings. The highest BCUT2D eigenvalue weighted by molar-refractivity contribution is 7.89. The van der Waals surface area contributed by atoms with Crippen molar-refractivity contribution in [3.63, 3.8) is 0 Å². The highest BCUT2D eigenvalue weighted by atomic mass is 32.2. The van der Waals surface area contributed by atoms with Gasteiger partial charge >= 0.3 is 5.97 Å². The van der Waals surface area contributed by atoms with E-state index >= 15 is 0 Å². The van der Waals surface area contributed by atoms with Gasteiger partial charge in [-0.3, -0.25) is 14.9 Å². The van der Waals surface area contributed by atoms with E-state index in [2.05, 4.69) is 4.74 Å². The second-order valence-electron chi connectivity index (χ2n) is 6.40. The van der Waals surface area contributed by atoms with Crippen molar-refractivity contribution >= 4 is 21.7 Å². The molecular formula is C19H20N2O8S. The Bertz CT molecular complexity index is 1030. The number of nitro groups is 1. The maximum absolute atomic E-state index is 13.1. The van der Waals surface area contributed by atoms with Gasteiger partial charge in [-0.05, 0) is 23.8 Å². The van der Waals surface area contributed by atoms with E-state index in [4.69, 9.17) is 9.47 Å². The van der Waals surface area contributed by atoms with Crippen LogP contribution >= 0.6 is 0 Å². The average Bonchev–Trinajstić information content (AvgIpc) is 2.75. The van der Waals surface area contributed by atoms with E-state index in [1.165, 1.54) is 23.5 Å². The van der Waals surface area contributed by atoms with Crippen molar-refractivity contribution in [2.45, 2.75) is 11.3 Å². The number of rotatable bonds is 7. The number of esters is 1. The van der Waals surface area contributed by atoms with E-state index < -0.39 is 20.9 Å². The minimum Gasteiger partial charge on any atom is -0.469 e. The zero-order valence-corrected chi connectivity index (χ0v) is 17.0. The first-order valence-electron chi connectivity index (χ1n) is 9.01. The van der Waals surface area contributed by atoms with E-state index in [0.29, 0.717) is 11.3 Å². The van der Waals surface area contributed by atoms with Crippen LogP contribution in [0.25, 0.3) is 0 Å². The molecule has 0 spiro atoms. The monoisotopic (exact) mass is 436 g/mol. The van der Waals surface area contributed by atoms with Gasteiger partial charge in [0.1, 0.15) is 16.4 Å². The summed E-state index contributed by atoms with van der Waals surface area (Å²) in [6.07, 6.45) is 0.0883. The summed E-state index contributed by atoms with van der Waals surface area (Å²) in [6.45, 7) is 0.775. The number of ether oxygens (including phenoxy) is 3. The maximum Gasteiger partial charge on any atom is 0.309 e. The Morgan fingerprint density at radius 2 is 1.83 bits per heavy atom. The molecule has 30 heavy (non-hydrogen) atoms. The van der Waals surface area contributed by atoms with E-state index in [1.54, 1.807) is 24.3 Å². The quantitative estimate of drug-likeness (QED) is 0.367. The van der Waals surface area contributed by atoms with Gasteiger partial charge in [0.25, 0.3) is 5.69 Å². The van der Waals surface area contributed by atoms with Crippen molar-refractivity contribution in [1.82, 2.24) is 4.31 Å². The number of nitrogens with zero attached hydrogens (tertiary/aromatic N) is 2. The molecule has 1 heterocycles. The van der Waals surface area contributed by atoms with Crippen LogP contribution in [-0.4, -0.2) is 57.0 Å². The standard InChI is InChI=1S/C19H20N2O8S/c1-27-19(22)12-14-2-5-16(6-3-14)29-17-7-4-15(21(23)24)13-18(17)30(25,26)20-8-10-28-11-9-20/h2-7,13H,8-12H2,1H3. The van der Waals surface area contributed by atoms with E-state index in [0.717, 1.165) is 6.07 Å². The summed E-state index contributed by atoms with van der Waals surface area (Å²) in [5, 5.41) is 11.2. The minimum absolute atomic E-state index is 0.0344. The van der Waals surface area contributed by atoms with Gasteiger partial charge in [-0.25, -0.2) is 8.42 Å². The fraction of sp³-hybridized carbons (Fsp3) is 0.316. The molecule has 0 amide bonds. The van der Waals surface area contributed by atoms with E-state index in [-0.39, 0.29) is 49.1 Å². The van der Waals surface area contributed by atoms with Crippen molar-refractivity contribution < 1.29 is 32.3 Å². The number of nitro benzene ring substituents is 1. The number of methoxy groups -OCH3 is 1. The number of hydrogen-bond donors (Lipinski definition) is 0. The zero-order valence-electron chi connectivity index (χ0n) is 16.1. The smallest absolute Gasteiger partial charge is 0.309 e. The van der Waals surface area contributed by atoms with Crippen molar-refractivity contribution in [3.05, 3.63) is 58.1 Å². The summed E-state index contributed by atoms with van der Waals surface area (Å²) >= 11 is 0. The first-order chi connectivity index (χ1) is 14.3.